The molecular weight excluding hydrogens is 1070 g/mol. The van der Waals surface area contributed by atoms with Crippen LogP contribution in [-0.2, 0) is 114 Å². The Kier molecular flexibility index (Phi) is 20.6. The highest BCUT2D eigenvalue weighted by atomic mass is 31.2. The smallest absolute Gasteiger partial charge is 0.427 e. The molecule has 1 aliphatic heterocycles. The molecule has 1 heterocycles. The molecule has 416 valence electrons. The maximum absolute atomic E-state index is 15.5. The molecule has 2 aliphatic rings. The summed E-state index contributed by atoms with van der Waals surface area (Å²) in [6.45, 7) is 3.36. The molecule has 1 aliphatic carbocycles. The number of ether oxygens (including phenoxy) is 8. The minimum atomic E-state index is -4.81. The quantitative estimate of drug-likeness (QED) is 0.0279. The first kappa shape index (κ1) is 58.4. The average Bonchev–Trinajstić information content (AvgIpc) is 3.46. The second-order valence-corrected chi connectivity index (χ2v) is 21.2. The van der Waals surface area contributed by atoms with Crippen LogP contribution in [0.4, 0.5) is 0 Å². The van der Waals surface area contributed by atoms with Gasteiger partial charge in [0.15, 0.2) is 0 Å². The van der Waals surface area contributed by atoms with Crippen LogP contribution in [0, 0.1) is 0 Å². The molecule has 0 radical (unpaired) electrons. The van der Waals surface area contributed by atoms with Gasteiger partial charge >= 0.3 is 39.5 Å². The number of rotatable bonds is 26. The summed E-state index contributed by atoms with van der Waals surface area (Å²) in [6, 6.07) is 43.6. The standard InChI is InChI=1S/C57H58O20P2/c1-38(58)72-48-23-15-44(16-24-48)33-68-78(62,69-34-45-17-25-49(26-18-45)73-39(2)59)76-56-52(64-31-42-11-7-5-8-12-42)54-57(55(67-37-66-54)53(56)65-32-43-13-9-6-10-14-43)77-79(63,70-35-46-19-27-50(28-20-46)74-40(3)60)71-36-47-21-29-51(30-22-47)75-41(4)61/h5-30,52-57H,31-37H2,1-4H3. The first-order valence-corrected chi connectivity index (χ1v) is 27.8. The highest BCUT2D eigenvalue weighted by molar-refractivity contribution is 7.48. The van der Waals surface area contributed by atoms with Gasteiger partial charge in [-0.2, -0.15) is 0 Å². The number of hydrogen-bond donors (Lipinski definition) is 0. The van der Waals surface area contributed by atoms with Crippen molar-refractivity contribution in [3.63, 3.8) is 0 Å². The molecule has 6 aromatic carbocycles. The summed E-state index contributed by atoms with van der Waals surface area (Å²) in [5.74, 6) is -0.956. The fourth-order valence-electron chi connectivity index (χ4n) is 8.24. The number of phosphoric ester groups is 2. The van der Waals surface area contributed by atoms with E-state index in [2.05, 4.69) is 0 Å². The van der Waals surface area contributed by atoms with Gasteiger partial charge in [0.1, 0.15) is 66.4 Å². The molecule has 8 rings (SSSR count). The maximum atomic E-state index is 15.5. The second kappa shape index (κ2) is 27.9. The van der Waals surface area contributed by atoms with Crippen molar-refractivity contribution in [3.8, 4) is 23.0 Å². The van der Waals surface area contributed by atoms with Crippen molar-refractivity contribution in [2.75, 3.05) is 6.79 Å². The fraction of sp³-hybridized carbons (Fsp3) is 0.298. The zero-order chi connectivity index (χ0) is 55.8. The zero-order valence-corrected chi connectivity index (χ0v) is 45.3. The van der Waals surface area contributed by atoms with Crippen LogP contribution >= 0.6 is 15.6 Å². The second-order valence-electron chi connectivity index (χ2n) is 18.0. The summed E-state index contributed by atoms with van der Waals surface area (Å²) in [4.78, 5) is 46.6. The van der Waals surface area contributed by atoms with Crippen LogP contribution in [0.2, 0.25) is 0 Å². The number of esters is 4. The Bertz CT molecular complexity index is 2860. The first-order chi connectivity index (χ1) is 38.1. The highest BCUT2D eigenvalue weighted by Gasteiger charge is 2.60. The maximum Gasteiger partial charge on any atom is 0.475 e. The third kappa shape index (κ3) is 17.6. The van der Waals surface area contributed by atoms with Gasteiger partial charge in [0.2, 0.25) is 0 Å². The van der Waals surface area contributed by atoms with Crippen molar-refractivity contribution in [2.24, 2.45) is 0 Å². The molecule has 79 heavy (non-hydrogen) atoms. The van der Waals surface area contributed by atoms with Gasteiger partial charge in [0.05, 0.1) is 39.6 Å². The summed E-state index contributed by atoms with van der Waals surface area (Å²) in [7, 11) is -9.57. The molecule has 20 nitrogen and oxygen atoms in total. The van der Waals surface area contributed by atoms with E-state index >= 15 is 9.13 Å². The van der Waals surface area contributed by atoms with Crippen molar-refractivity contribution >= 4 is 39.5 Å². The van der Waals surface area contributed by atoms with Crippen molar-refractivity contribution in [1.82, 2.24) is 0 Å². The molecule has 1 saturated heterocycles. The first-order valence-electron chi connectivity index (χ1n) is 24.9. The molecule has 22 heteroatoms. The van der Waals surface area contributed by atoms with E-state index in [4.69, 9.17) is 65.0 Å². The van der Waals surface area contributed by atoms with E-state index in [1.54, 1.807) is 97.1 Å². The van der Waals surface area contributed by atoms with Gasteiger partial charge in [0, 0.05) is 27.7 Å². The molecule has 4 atom stereocenters. The lowest BCUT2D eigenvalue weighted by atomic mass is 9.83. The van der Waals surface area contributed by atoms with E-state index < -0.39 is 76.1 Å². The van der Waals surface area contributed by atoms with Crippen LogP contribution in [0.5, 0.6) is 23.0 Å². The summed E-state index contributed by atoms with van der Waals surface area (Å²) >= 11 is 0. The monoisotopic (exact) mass is 1120 g/mol. The number of phosphoric acid groups is 2. The molecule has 0 aromatic heterocycles. The lowest BCUT2D eigenvalue weighted by Gasteiger charge is -2.52. The van der Waals surface area contributed by atoms with Gasteiger partial charge in [-0.25, -0.2) is 9.13 Å². The van der Waals surface area contributed by atoms with Gasteiger partial charge in [-0.1, -0.05) is 109 Å². The van der Waals surface area contributed by atoms with Crippen molar-refractivity contribution in [3.05, 3.63) is 191 Å². The number of benzene rings is 6. The summed E-state index contributed by atoms with van der Waals surface area (Å²) < 4.78 is 116. The van der Waals surface area contributed by atoms with Crippen molar-refractivity contribution in [1.29, 1.82) is 0 Å². The SMILES string of the molecule is CC(=O)Oc1ccc(COP(=O)(OCc2ccc(OC(C)=O)cc2)OC2C3OCOC2C(OCc2ccccc2)C(OP(=O)(OCc2ccc(OC(C)=O)cc2)OCc2ccc(OC(C)=O)cc2)C3OCc2ccccc2)cc1. The molecular formula is C57H58O20P2. The number of carbonyl (C=O) groups excluding carboxylic acids is 4. The normalized spacial score (nSPS) is 19.0. The lowest BCUT2D eigenvalue weighted by molar-refractivity contribution is -0.326. The van der Waals surface area contributed by atoms with Crippen LogP contribution in [0.15, 0.2) is 158 Å². The zero-order valence-electron chi connectivity index (χ0n) is 43.5. The number of hydrogen-bond acceptors (Lipinski definition) is 20. The van der Waals surface area contributed by atoms with Crippen LogP contribution in [0.3, 0.4) is 0 Å². The average molecular weight is 1130 g/mol. The molecule has 2 bridgehead atoms. The summed E-state index contributed by atoms with van der Waals surface area (Å²) in [5.41, 5.74) is 3.47. The molecule has 0 spiro atoms. The van der Waals surface area contributed by atoms with Gasteiger partial charge in [-0.3, -0.25) is 46.3 Å². The predicted octanol–water partition coefficient (Wildman–Crippen LogP) is 10.5. The summed E-state index contributed by atoms with van der Waals surface area (Å²) in [5, 5.41) is 0. The molecule has 0 amide bonds. The van der Waals surface area contributed by atoms with E-state index in [9.17, 15) is 19.2 Å². The minimum absolute atomic E-state index is 0.0540. The Morgan fingerprint density at radius 1 is 0.367 bits per heavy atom. The molecule has 1 saturated carbocycles. The molecule has 2 fully saturated rings. The number of carbonyl (C=O) groups is 4. The van der Waals surface area contributed by atoms with Crippen LogP contribution in [-0.4, -0.2) is 67.3 Å². The number of fused-ring (bicyclic) bond motifs is 2. The minimum Gasteiger partial charge on any atom is -0.427 e. The van der Waals surface area contributed by atoms with Crippen LogP contribution in [0.1, 0.15) is 61.1 Å². The van der Waals surface area contributed by atoms with Crippen molar-refractivity contribution in [2.45, 2.75) is 104 Å². The van der Waals surface area contributed by atoms with E-state index in [0.29, 0.717) is 22.3 Å². The Hall–Kier alpha value is -6.74. The largest absolute Gasteiger partial charge is 0.475 e. The van der Waals surface area contributed by atoms with E-state index in [0.717, 1.165) is 11.1 Å². The third-order valence-corrected chi connectivity index (χ3v) is 14.6. The van der Waals surface area contributed by atoms with E-state index in [1.165, 1.54) is 27.7 Å². The van der Waals surface area contributed by atoms with Gasteiger partial charge < -0.3 is 37.9 Å². The van der Waals surface area contributed by atoms with Gasteiger partial charge in [-0.15, -0.1) is 0 Å². The molecule has 6 aromatic rings. The summed E-state index contributed by atoms with van der Waals surface area (Å²) in [6.07, 6.45) is -7.90. The van der Waals surface area contributed by atoms with Crippen LogP contribution in [0.25, 0.3) is 0 Å². The Labute approximate surface area is 456 Å². The van der Waals surface area contributed by atoms with E-state index in [-0.39, 0.29) is 69.4 Å². The molecule has 0 N–H and O–H groups in total. The van der Waals surface area contributed by atoms with Crippen molar-refractivity contribution < 1.29 is 93.3 Å². The Morgan fingerprint density at radius 2 is 0.633 bits per heavy atom. The third-order valence-electron chi connectivity index (χ3n) is 11.8. The molecule has 4 unspecified atom stereocenters. The van der Waals surface area contributed by atoms with Gasteiger partial charge in [0.25, 0.3) is 0 Å². The van der Waals surface area contributed by atoms with Crippen LogP contribution < -0.4 is 18.9 Å². The van der Waals surface area contributed by atoms with Gasteiger partial charge in [-0.05, 0) is 81.9 Å². The lowest BCUT2D eigenvalue weighted by Crippen LogP contribution is -2.69. The predicted molar refractivity (Wildman–Crippen MR) is 280 cm³/mol. The Balaban J connectivity index is 1.16. The Morgan fingerprint density at radius 3 is 0.911 bits per heavy atom. The fourth-order valence-corrected chi connectivity index (χ4v) is 10.9. The van der Waals surface area contributed by atoms with E-state index in [1.807, 2.05) is 60.7 Å². The highest BCUT2D eigenvalue weighted by Crippen LogP contribution is 2.58. The topological polar surface area (TPSA) is 232 Å².